The largest absolute Gasteiger partial charge is 0.496 e. The van der Waals surface area contributed by atoms with Gasteiger partial charge in [0.25, 0.3) is 0 Å². The van der Waals surface area contributed by atoms with E-state index in [1.807, 2.05) is 0 Å². The van der Waals surface area contributed by atoms with Crippen LogP contribution in [0, 0.1) is 11.7 Å². The highest BCUT2D eigenvalue weighted by Crippen LogP contribution is 2.39. The first-order valence-corrected chi connectivity index (χ1v) is 6.31. The minimum Gasteiger partial charge on any atom is -0.496 e. The predicted octanol–water partition coefficient (Wildman–Crippen LogP) is 3.29. The topological polar surface area (TPSA) is 21.3 Å². The van der Waals surface area contributed by atoms with Crippen LogP contribution in [0.25, 0.3) is 0 Å². The molecule has 94 valence electrons. The van der Waals surface area contributed by atoms with Gasteiger partial charge in [0, 0.05) is 11.6 Å². The Bertz CT molecular complexity index is 376. The van der Waals surface area contributed by atoms with Crippen LogP contribution in [0.3, 0.4) is 0 Å². The van der Waals surface area contributed by atoms with Gasteiger partial charge >= 0.3 is 0 Å². The highest BCUT2D eigenvalue weighted by molar-refractivity contribution is 5.36. The molecule has 1 fully saturated rings. The highest BCUT2D eigenvalue weighted by Gasteiger charge is 2.27. The molecule has 3 heteroatoms. The van der Waals surface area contributed by atoms with Crippen molar-refractivity contribution in [3.63, 3.8) is 0 Å². The van der Waals surface area contributed by atoms with Crippen LogP contribution in [0.2, 0.25) is 0 Å². The van der Waals surface area contributed by atoms with Crippen LogP contribution in [0.5, 0.6) is 5.75 Å². The van der Waals surface area contributed by atoms with Gasteiger partial charge in [-0.3, -0.25) is 0 Å². The van der Waals surface area contributed by atoms with Crippen molar-refractivity contribution in [2.45, 2.75) is 32.2 Å². The van der Waals surface area contributed by atoms with Gasteiger partial charge in [-0.25, -0.2) is 4.39 Å². The molecule has 0 aliphatic heterocycles. The summed E-state index contributed by atoms with van der Waals surface area (Å²) in [6, 6.07) is 4.96. The maximum absolute atomic E-state index is 13.4. The zero-order valence-electron chi connectivity index (χ0n) is 10.5. The second kappa shape index (κ2) is 5.50. The van der Waals surface area contributed by atoms with E-state index in [9.17, 15) is 4.39 Å². The maximum atomic E-state index is 13.4. The molecule has 2 rings (SSSR count). The summed E-state index contributed by atoms with van der Waals surface area (Å²) in [5.74, 6) is 1.38. The molecule has 0 amide bonds. The highest BCUT2D eigenvalue weighted by atomic mass is 19.1. The fraction of sp³-hybridized carbons (Fsp3) is 0.571. The van der Waals surface area contributed by atoms with Crippen molar-refractivity contribution in [1.82, 2.24) is 5.32 Å². The van der Waals surface area contributed by atoms with E-state index in [0.29, 0.717) is 0 Å². The number of nitrogens with one attached hydrogen (secondary N) is 1. The standard InChI is InChI=1S/C14H20FNO/c1-3-16-13(8-10-4-5-10)12-9-11(15)6-7-14(12)17-2/h6-7,9-10,13,16H,3-5,8H2,1-2H3. The van der Waals surface area contributed by atoms with Crippen LogP contribution in [0.1, 0.15) is 37.8 Å². The molecular formula is C14H20FNO. The lowest BCUT2D eigenvalue weighted by Gasteiger charge is -2.20. The first-order valence-electron chi connectivity index (χ1n) is 6.31. The number of hydrogen-bond donors (Lipinski definition) is 1. The lowest BCUT2D eigenvalue weighted by molar-refractivity contribution is 0.391. The Kier molecular flexibility index (Phi) is 4.00. The third kappa shape index (κ3) is 3.19. The monoisotopic (exact) mass is 237 g/mol. The predicted molar refractivity (Wildman–Crippen MR) is 66.7 cm³/mol. The van der Waals surface area contributed by atoms with Gasteiger partial charge in [0.1, 0.15) is 11.6 Å². The molecule has 1 unspecified atom stereocenters. The van der Waals surface area contributed by atoms with E-state index >= 15 is 0 Å². The van der Waals surface area contributed by atoms with Crippen molar-refractivity contribution in [2.75, 3.05) is 13.7 Å². The van der Waals surface area contributed by atoms with E-state index in [2.05, 4.69) is 12.2 Å². The van der Waals surface area contributed by atoms with Crippen molar-refractivity contribution < 1.29 is 9.13 Å². The summed E-state index contributed by atoms with van der Waals surface area (Å²) in [6.45, 7) is 2.96. The Hall–Kier alpha value is -1.09. The van der Waals surface area contributed by atoms with Gasteiger partial charge in [0.15, 0.2) is 0 Å². The summed E-state index contributed by atoms with van der Waals surface area (Å²) < 4.78 is 18.7. The van der Waals surface area contributed by atoms with E-state index in [1.54, 1.807) is 19.2 Å². The Morgan fingerprint density at radius 3 is 2.82 bits per heavy atom. The molecule has 0 radical (unpaired) electrons. The van der Waals surface area contributed by atoms with Gasteiger partial charge in [-0.1, -0.05) is 19.8 Å². The smallest absolute Gasteiger partial charge is 0.123 e. The van der Waals surface area contributed by atoms with E-state index in [4.69, 9.17) is 4.74 Å². The second-order valence-electron chi connectivity index (χ2n) is 4.68. The quantitative estimate of drug-likeness (QED) is 0.819. The average molecular weight is 237 g/mol. The van der Waals surface area contributed by atoms with E-state index < -0.39 is 0 Å². The normalized spacial score (nSPS) is 16.9. The lowest BCUT2D eigenvalue weighted by atomic mass is 10.00. The third-order valence-electron chi connectivity index (χ3n) is 3.28. The molecule has 0 bridgehead atoms. The third-order valence-corrected chi connectivity index (χ3v) is 3.28. The van der Waals surface area contributed by atoms with E-state index in [1.165, 1.54) is 18.9 Å². The molecule has 1 aliphatic rings. The second-order valence-corrected chi connectivity index (χ2v) is 4.68. The van der Waals surface area contributed by atoms with Crippen LogP contribution < -0.4 is 10.1 Å². The van der Waals surface area contributed by atoms with Gasteiger partial charge in [-0.15, -0.1) is 0 Å². The zero-order valence-corrected chi connectivity index (χ0v) is 10.5. The summed E-state index contributed by atoms with van der Waals surface area (Å²) in [7, 11) is 1.64. The Balaban J connectivity index is 2.22. The minimum absolute atomic E-state index is 0.195. The Morgan fingerprint density at radius 2 is 2.24 bits per heavy atom. The van der Waals surface area contributed by atoms with Gasteiger partial charge in [-0.2, -0.15) is 0 Å². The first-order chi connectivity index (χ1) is 8.24. The first kappa shape index (κ1) is 12.4. The molecule has 1 saturated carbocycles. The number of methoxy groups -OCH3 is 1. The molecule has 0 heterocycles. The summed E-state index contributed by atoms with van der Waals surface area (Å²) in [5, 5.41) is 3.43. The number of rotatable bonds is 6. The van der Waals surface area contributed by atoms with Gasteiger partial charge in [0.05, 0.1) is 7.11 Å². The number of benzene rings is 1. The van der Waals surface area contributed by atoms with Crippen molar-refractivity contribution in [3.05, 3.63) is 29.6 Å². The average Bonchev–Trinajstić information content (AvgIpc) is 3.12. The van der Waals surface area contributed by atoms with Crippen LogP contribution >= 0.6 is 0 Å². The fourth-order valence-corrected chi connectivity index (χ4v) is 2.23. The maximum Gasteiger partial charge on any atom is 0.123 e. The van der Waals surface area contributed by atoms with Crippen LogP contribution in [0.15, 0.2) is 18.2 Å². The number of halogens is 1. The fourth-order valence-electron chi connectivity index (χ4n) is 2.23. The van der Waals surface area contributed by atoms with Gasteiger partial charge < -0.3 is 10.1 Å². The Morgan fingerprint density at radius 1 is 1.47 bits per heavy atom. The van der Waals surface area contributed by atoms with Crippen molar-refractivity contribution >= 4 is 0 Å². The lowest BCUT2D eigenvalue weighted by Crippen LogP contribution is -2.22. The number of ether oxygens (including phenoxy) is 1. The SMILES string of the molecule is CCNC(CC1CC1)c1cc(F)ccc1OC. The van der Waals surface area contributed by atoms with E-state index in [0.717, 1.165) is 30.2 Å². The molecule has 1 aromatic carbocycles. The van der Waals surface area contributed by atoms with Crippen LogP contribution in [-0.2, 0) is 0 Å². The zero-order chi connectivity index (χ0) is 12.3. The molecule has 2 nitrogen and oxygen atoms in total. The Labute approximate surface area is 102 Å². The molecule has 1 N–H and O–H groups in total. The molecule has 0 saturated heterocycles. The van der Waals surface area contributed by atoms with Crippen molar-refractivity contribution in [2.24, 2.45) is 5.92 Å². The van der Waals surface area contributed by atoms with Crippen molar-refractivity contribution in [3.8, 4) is 5.75 Å². The van der Waals surface area contributed by atoms with Crippen molar-refractivity contribution in [1.29, 1.82) is 0 Å². The van der Waals surface area contributed by atoms with Crippen LogP contribution in [0.4, 0.5) is 4.39 Å². The summed E-state index contributed by atoms with van der Waals surface area (Å²) in [5.41, 5.74) is 0.946. The molecular weight excluding hydrogens is 217 g/mol. The molecule has 1 atom stereocenters. The molecule has 17 heavy (non-hydrogen) atoms. The van der Waals surface area contributed by atoms with Gasteiger partial charge in [-0.05, 0) is 37.1 Å². The number of hydrogen-bond acceptors (Lipinski definition) is 2. The van der Waals surface area contributed by atoms with Crippen LogP contribution in [-0.4, -0.2) is 13.7 Å². The molecule has 0 spiro atoms. The van der Waals surface area contributed by atoms with E-state index in [-0.39, 0.29) is 11.9 Å². The molecule has 1 aliphatic carbocycles. The summed E-state index contributed by atoms with van der Waals surface area (Å²) in [6.07, 6.45) is 3.69. The minimum atomic E-state index is -0.195. The summed E-state index contributed by atoms with van der Waals surface area (Å²) in [4.78, 5) is 0. The molecule has 1 aromatic rings. The van der Waals surface area contributed by atoms with Gasteiger partial charge in [0.2, 0.25) is 0 Å². The molecule has 0 aromatic heterocycles. The summed E-state index contributed by atoms with van der Waals surface area (Å²) >= 11 is 0.